The molecule has 0 amide bonds. The predicted octanol–water partition coefficient (Wildman–Crippen LogP) is 7.08. The molecule has 0 spiro atoms. The summed E-state index contributed by atoms with van der Waals surface area (Å²) in [6, 6.07) is 14.0. The van der Waals surface area contributed by atoms with E-state index in [0.717, 1.165) is 12.3 Å². The topological polar surface area (TPSA) is 0 Å². The molecular formula is C26H30. The van der Waals surface area contributed by atoms with E-state index in [1.165, 1.54) is 58.2 Å². The van der Waals surface area contributed by atoms with Crippen LogP contribution in [0.25, 0.3) is 5.57 Å². The van der Waals surface area contributed by atoms with E-state index in [9.17, 15) is 0 Å². The Kier molecular flexibility index (Phi) is 4.61. The van der Waals surface area contributed by atoms with Gasteiger partial charge in [0.2, 0.25) is 0 Å². The second-order valence-electron chi connectivity index (χ2n) is 8.48. The minimum atomic E-state index is 0.543. The molecule has 1 atom stereocenters. The van der Waals surface area contributed by atoms with E-state index in [-0.39, 0.29) is 0 Å². The fourth-order valence-electron chi connectivity index (χ4n) is 4.29. The third-order valence-electron chi connectivity index (χ3n) is 6.29. The van der Waals surface area contributed by atoms with Crippen LogP contribution in [0.2, 0.25) is 0 Å². The Labute approximate surface area is 158 Å². The van der Waals surface area contributed by atoms with Gasteiger partial charge in [-0.1, -0.05) is 66.6 Å². The highest BCUT2D eigenvalue weighted by atomic mass is 14.3. The van der Waals surface area contributed by atoms with Crippen molar-refractivity contribution < 1.29 is 0 Å². The van der Waals surface area contributed by atoms with Gasteiger partial charge in [-0.3, -0.25) is 0 Å². The first-order valence-corrected chi connectivity index (χ1v) is 10.1. The van der Waals surface area contributed by atoms with Crippen LogP contribution in [0.15, 0.2) is 54.1 Å². The van der Waals surface area contributed by atoms with Crippen LogP contribution in [-0.4, -0.2) is 0 Å². The molecule has 4 rings (SSSR count). The summed E-state index contributed by atoms with van der Waals surface area (Å²) in [6.07, 6.45) is 9.80. The highest BCUT2D eigenvalue weighted by molar-refractivity contribution is 5.72. The van der Waals surface area contributed by atoms with Crippen molar-refractivity contribution in [2.45, 2.75) is 59.3 Å². The zero-order valence-electron chi connectivity index (χ0n) is 16.6. The first kappa shape index (κ1) is 17.3. The molecule has 0 heteroatoms. The number of benzene rings is 2. The van der Waals surface area contributed by atoms with Crippen molar-refractivity contribution in [2.24, 2.45) is 5.92 Å². The maximum absolute atomic E-state index is 2.37. The van der Waals surface area contributed by atoms with Gasteiger partial charge in [-0.05, 0) is 91.7 Å². The van der Waals surface area contributed by atoms with Gasteiger partial charge in [0.25, 0.3) is 0 Å². The van der Waals surface area contributed by atoms with Crippen LogP contribution < -0.4 is 0 Å². The standard InChI is InChI=1S/C26H30/c1-17-13-18(2)20(4)26(14-17)15-19(3)21-5-7-22(8-6-21)24-11-12-25(16-24)23-9-10-23/h5-8,11-14,19,23H,9-10,15-16H2,1-4H3. The Morgan fingerprint density at radius 2 is 1.69 bits per heavy atom. The molecule has 0 radical (unpaired) electrons. The largest absolute Gasteiger partial charge is 0.0627 e. The van der Waals surface area contributed by atoms with Crippen molar-refractivity contribution in [3.05, 3.63) is 87.5 Å². The molecule has 0 nitrogen and oxygen atoms in total. The first-order valence-electron chi connectivity index (χ1n) is 10.1. The molecule has 1 saturated carbocycles. The van der Waals surface area contributed by atoms with Gasteiger partial charge in [0.05, 0.1) is 0 Å². The number of aryl methyl sites for hydroxylation is 2. The van der Waals surface area contributed by atoms with Gasteiger partial charge in [-0.2, -0.15) is 0 Å². The van der Waals surface area contributed by atoms with E-state index in [1.807, 2.05) is 0 Å². The summed E-state index contributed by atoms with van der Waals surface area (Å²) in [5.74, 6) is 1.44. The Balaban J connectivity index is 1.45. The second kappa shape index (κ2) is 6.91. The van der Waals surface area contributed by atoms with E-state index in [2.05, 4.69) is 76.2 Å². The van der Waals surface area contributed by atoms with Crippen LogP contribution in [0, 0.1) is 26.7 Å². The van der Waals surface area contributed by atoms with Gasteiger partial charge < -0.3 is 0 Å². The molecule has 0 saturated heterocycles. The van der Waals surface area contributed by atoms with Gasteiger partial charge in [0.1, 0.15) is 0 Å². The summed E-state index contributed by atoms with van der Waals surface area (Å²) >= 11 is 0. The molecule has 0 aliphatic heterocycles. The first-order chi connectivity index (χ1) is 12.5. The average Bonchev–Trinajstić information content (AvgIpc) is 3.36. The molecule has 26 heavy (non-hydrogen) atoms. The molecule has 1 fully saturated rings. The van der Waals surface area contributed by atoms with E-state index < -0.39 is 0 Å². The number of hydrogen-bond donors (Lipinski definition) is 0. The van der Waals surface area contributed by atoms with Crippen molar-refractivity contribution in [1.29, 1.82) is 0 Å². The number of hydrogen-bond acceptors (Lipinski definition) is 0. The SMILES string of the molecule is Cc1cc(C)c(C)c(CC(C)c2ccc(C3=CC=C(C4CC4)C3)cc2)c1. The highest BCUT2D eigenvalue weighted by Gasteiger charge is 2.27. The summed E-state index contributed by atoms with van der Waals surface area (Å²) in [6.45, 7) is 9.05. The molecule has 0 aromatic heterocycles. The molecule has 0 bridgehead atoms. The van der Waals surface area contributed by atoms with Crippen LogP contribution in [0.1, 0.15) is 65.5 Å². The lowest BCUT2D eigenvalue weighted by Crippen LogP contribution is -2.02. The minimum Gasteiger partial charge on any atom is -0.0627 e. The van der Waals surface area contributed by atoms with E-state index in [0.29, 0.717) is 5.92 Å². The molecule has 2 aliphatic rings. The Hall–Kier alpha value is -2.08. The van der Waals surface area contributed by atoms with Crippen LogP contribution in [-0.2, 0) is 6.42 Å². The maximum atomic E-state index is 2.37. The normalized spacial score (nSPS) is 17.8. The zero-order chi connectivity index (χ0) is 18.3. The fraction of sp³-hybridized carbons (Fsp3) is 0.385. The summed E-state index contributed by atoms with van der Waals surface area (Å²) in [5, 5.41) is 0. The number of rotatable bonds is 5. The summed E-state index contributed by atoms with van der Waals surface area (Å²) in [4.78, 5) is 0. The molecular weight excluding hydrogens is 312 g/mol. The second-order valence-corrected chi connectivity index (χ2v) is 8.48. The Morgan fingerprint density at radius 1 is 0.962 bits per heavy atom. The summed E-state index contributed by atoms with van der Waals surface area (Å²) in [5.41, 5.74) is 11.7. The van der Waals surface area contributed by atoms with Crippen molar-refractivity contribution in [3.63, 3.8) is 0 Å². The predicted molar refractivity (Wildman–Crippen MR) is 113 cm³/mol. The van der Waals surface area contributed by atoms with Gasteiger partial charge in [-0.15, -0.1) is 0 Å². The molecule has 134 valence electrons. The van der Waals surface area contributed by atoms with Crippen molar-refractivity contribution in [3.8, 4) is 0 Å². The Bertz CT molecular complexity index is 873. The third kappa shape index (κ3) is 3.56. The minimum absolute atomic E-state index is 0.543. The van der Waals surface area contributed by atoms with Crippen LogP contribution in [0.3, 0.4) is 0 Å². The number of allylic oxidation sites excluding steroid dienone is 4. The third-order valence-corrected chi connectivity index (χ3v) is 6.29. The van der Waals surface area contributed by atoms with E-state index >= 15 is 0 Å². The van der Waals surface area contributed by atoms with E-state index in [1.54, 1.807) is 5.57 Å². The molecule has 2 aliphatic carbocycles. The zero-order valence-corrected chi connectivity index (χ0v) is 16.6. The molecule has 1 unspecified atom stereocenters. The van der Waals surface area contributed by atoms with Crippen molar-refractivity contribution in [1.82, 2.24) is 0 Å². The van der Waals surface area contributed by atoms with E-state index in [4.69, 9.17) is 0 Å². The van der Waals surface area contributed by atoms with Gasteiger partial charge in [0, 0.05) is 0 Å². The monoisotopic (exact) mass is 342 g/mol. The lowest BCUT2D eigenvalue weighted by atomic mass is 9.88. The van der Waals surface area contributed by atoms with Crippen molar-refractivity contribution >= 4 is 5.57 Å². The van der Waals surface area contributed by atoms with Crippen LogP contribution in [0.4, 0.5) is 0 Å². The summed E-state index contributed by atoms with van der Waals surface area (Å²) < 4.78 is 0. The molecule has 2 aromatic rings. The van der Waals surface area contributed by atoms with Gasteiger partial charge >= 0.3 is 0 Å². The van der Waals surface area contributed by atoms with Crippen molar-refractivity contribution in [2.75, 3.05) is 0 Å². The fourth-order valence-corrected chi connectivity index (χ4v) is 4.29. The average molecular weight is 343 g/mol. The lowest BCUT2D eigenvalue weighted by Gasteiger charge is -2.17. The van der Waals surface area contributed by atoms with Crippen LogP contribution in [0.5, 0.6) is 0 Å². The molecule has 0 heterocycles. The smallest absolute Gasteiger partial charge is 0.00553 e. The highest BCUT2D eigenvalue weighted by Crippen LogP contribution is 2.43. The Morgan fingerprint density at radius 3 is 2.38 bits per heavy atom. The molecule has 0 N–H and O–H groups in total. The quantitative estimate of drug-likeness (QED) is 0.544. The summed E-state index contributed by atoms with van der Waals surface area (Å²) in [7, 11) is 0. The van der Waals surface area contributed by atoms with Crippen LogP contribution >= 0.6 is 0 Å². The van der Waals surface area contributed by atoms with Gasteiger partial charge in [0.15, 0.2) is 0 Å². The maximum Gasteiger partial charge on any atom is -0.00553 e. The molecule has 2 aromatic carbocycles. The van der Waals surface area contributed by atoms with Gasteiger partial charge in [-0.25, -0.2) is 0 Å². The lowest BCUT2D eigenvalue weighted by molar-refractivity contribution is 0.753.